The summed E-state index contributed by atoms with van der Waals surface area (Å²) in [4.78, 5) is 15.6. The lowest BCUT2D eigenvalue weighted by atomic mass is 10.1. The first kappa shape index (κ1) is 15.1. The molecule has 3 nitrogen and oxygen atoms in total. The van der Waals surface area contributed by atoms with Gasteiger partial charge in [-0.3, -0.25) is 0 Å². The first-order valence-corrected chi connectivity index (χ1v) is 8.45. The van der Waals surface area contributed by atoms with Gasteiger partial charge >= 0.3 is 5.97 Å². The highest BCUT2D eigenvalue weighted by molar-refractivity contribution is 7.98. The fraction of sp³-hybridized carbons (Fsp3) is 0.333. The summed E-state index contributed by atoms with van der Waals surface area (Å²) in [5.41, 5.74) is 2.02. The molecule has 0 saturated carbocycles. The molecule has 1 N–H and O–H groups in total. The highest BCUT2D eigenvalue weighted by Crippen LogP contribution is 2.25. The summed E-state index contributed by atoms with van der Waals surface area (Å²) in [5.74, 6) is 1.83. The summed E-state index contributed by atoms with van der Waals surface area (Å²) in [6.45, 7) is 4.41. The Labute approximate surface area is 127 Å². The number of rotatable bonds is 6. The number of hydrogen-bond donors (Lipinski definition) is 1. The molecule has 0 aliphatic rings. The average Bonchev–Trinajstić information content (AvgIpc) is 2.87. The lowest BCUT2D eigenvalue weighted by Crippen LogP contribution is -1.95. The minimum atomic E-state index is -0.908. The number of benzene rings is 1. The van der Waals surface area contributed by atoms with Gasteiger partial charge in [0, 0.05) is 16.7 Å². The first-order valence-electron chi connectivity index (χ1n) is 6.42. The monoisotopic (exact) mass is 307 g/mol. The van der Waals surface area contributed by atoms with E-state index in [-0.39, 0.29) is 0 Å². The van der Waals surface area contributed by atoms with Crippen LogP contribution in [0.2, 0.25) is 0 Å². The fourth-order valence-corrected chi connectivity index (χ4v) is 3.64. The SMILES string of the molecule is CC(C)CSCc1nc(-c2cccc(C(=O)O)c2)cs1. The maximum Gasteiger partial charge on any atom is 0.335 e. The lowest BCUT2D eigenvalue weighted by Gasteiger charge is -2.02. The summed E-state index contributed by atoms with van der Waals surface area (Å²) in [5, 5.41) is 12.1. The molecule has 0 aliphatic carbocycles. The van der Waals surface area contributed by atoms with Crippen molar-refractivity contribution in [3.05, 3.63) is 40.2 Å². The van der Waals surface area contributed by atoms with E-state index >= 15 is 0 Å². The van der Waals surface area contributed by atoms with Gasteiger partial charge in [0.25, 0.3) is 0 Å². The number of aromatic nitrogens is 1. The number of hydrogen-bond acceptors (Lipinski definition) is 4. The second-order valence-electron chi connectivity index (χ2n) is 4.92. The Hall–Kier alpha value is -1.33. The maximum absolute atomic E-state index is 11.0. The molecule has 1 aromatic heterocycles. The Morgan fingerprint density at radius 1 is 1.45 bits per heavy atom. The Morgan fingerprint density at radius 2 is 2.25 bits per heavy atom. The van der Waals surface area contributed by atoms with E-state index in [1.807, 2.05) is 23.2 Å². The second-order valence-corrected chi connectivity index (χ2v) is 6.89. The molecule has 0 aliphatic heterocycles. The molecule has 2 rings (SSSR count). The molecule has 0 saturated heterocycles. The molecule has 5 heteroatoms. The van der Waals surface area contributed by atoms with Crippen LogP contribution in [0.15, 0.2) is 29.6 Å². The third-order valence-corrected chi connectivity index (χ3v) is 5.05. The molecule has 0 spiro atoms. The number of carboxylic acids is 1. The van der Waals surface area contributed by atoms with Gasteiger partial charge in [-0.15, -0.1) is 11.3 Å². The normalized spacial score (nSPS) is 10.9. The Balaban J connectivity index is 2.08. The number of thiazole rings is 1. The summed E-state index contributed by atoms with van der Waals surface area (Å²) in [6, 6.07) is 6.91. The molecule has 2 aromatic rings. The van der Waals surface area contributed by atoms with Gasteiger partial charge in [0.05, 0.1) is 11.3 Å². The maximum atomic E-state index is 11.0. The minimum Gasteiger partial charge on any atom is -0.478 e. The zero-order valence-corrected chi connectivity index (χ0v) is 13.1. The van der Waals surface area contributed by atoms with Crippen LogP contribution in [0.25, 0.3) is 11.3 Å². The number of carboxylic acid groups (broad SMARTS) is 1. The van der Waals surface area contributed by atoms with Crippen LogP contribution >= 0.6 is 23.1 Å². The van der Waals surface area contributed by atoms with Crippen molar-refractivity contribution in [1.29, 1.82) is 0 Å². The van der Waals surface area contributed by atoms with E-state index in [1.54, 1.807) is 29.5 Å². The van der Waals surface area contributed by atoms with Gasteiger partial charge in [-0.25, -0.2) is 9.78 Å². The molecule has 106 valence electrons. The predicted octanol–water partition coefficient (Wildman–Crippen LogP) is 4.40. The van der Waals surface area contributed by atoms with E-state index in [2.05, 4.69) is 18.8 Å². The zero-order valence-electron chi connectivity index (χ0n) is 11.5. The van der Waals surface area contributed by atoms with Crippen LogP contribution in [0.5, 0.6) is 0 Å². The van der Waals surface area contributed by atoms with Gasteiger partial charge in [-0.1, -0.05) is 26.0 Å². The summed E-state index contributed by atoms with van der Waals surface area (Å²) in [7, 11) is 0. The van der Waals surface area contributed by atoms with Crippen LogP contribution in [-0.2, 0) is 5.75 Å². The van der Waals surface area contributed by atoms with Crippen LogP contribution in [0.1, 0.15) is 29.2 Å². The molecular weight excluding hydrogens is 290 g/mol. The van der Waals surface area contributed by atoms with Crippen molar-refractivity contribution in [2.75, 3.05) is 5.75 Å². The molecule has 1 heterocycles. The molecule has 20 heavy (non-hydrogen) atoms. The van der Waals surface area contributed by atoms with Crippen LogP contribution in [0.4, 0.5) is 0 Å². The Morgan fingerprint density at radius 3 is 2.95 bits per heavy atom. The van der Waals surface area contributed by atoms with E-state index < -0.39 is 5.97 Å². The Kier molecular flexibility index (Phi) is 5.20. The zero-order chi connectivity index (χ0) is 14.5. The molecule has 0 bridgehead atoms. The fourth-order valence-electron chi connectivity index (χ4n) is 1.70. The number of thioether (sulfide) groups is 1. The number of aromatic carboxylic acids is 1. The average molecular weight is 307 g/mol. The van der Waals surface area contributed by atoms with Gasteiger partial charge in [-0.05, 0) is 23.8 Å². The van der Waals surface area contributed by atoms with Crippen molar-refractivity contribution in [3.8, 4) is 11.3 Å². The first-order chi connectivity index (χ1) is 9.56. The highest BCUT2D eigenvalue weighted by Gasteiger charge is 2.08. The van der Waals surface area contributed by atoms with Crippen molar-refractivity contribution < 1.29 is 9.90 Å². The van der Waals surface area contributed by atoms with Gasteiger partial charge in [-0.2, -0.15) is 11.8 Å². The second kappa shape index (κ2) is 6.90. The van der Waals surface area contributed by atoms with Crippen molar-refractivity contribution in [3.63, 3.8) is 0 Å². The number of nitrogens with zero attached hydrogens (tertiary/aromatic N) is 1. The van der Waals surface area contributed by atoms with E-state index in [0.717, 1.165) is 27.8 Å². The van der Waals surface area contributed by atoms with Gasteiger partial charge in [0.15, 0.2) is 0 Å². The minimum absolute atomic E-state index is 0.297. The lowest BCUT2D eigenvalue weighted by molar-refractivity contribution is 0.0697. The van der Waals surface area contributed by atoms with E-state index in [0.29, 0.717) is 11.5 Å². The third-order valence-electron chi connectivity index (χ3n) is 2.63. The standard InChI is InChI=1S/C15H17NO2S2/c1-10(2)7-19-9-14-16-13(8-20-14)11-4-3-5-12(6-11)15(17)18/h3-6,8,10H,7,9H2,1-2H3,(H,17,18). The molecule has 0 fully saturated rings. The summed E-state index contributed by atoms with van der Waals surface area (Å²) in [6.07, 6.45) is 0. The van der Waals surface area contributed by atoms with E-state index in [1.165, 1.54) is 0 Å². The van der Waals surface area contributed by atoms with Crippen LogP contribution < -0.4 is 0 Å². The topological polar surface area (TPSA) is 50.2 Å². The van der Waals surface area contributed by atoms with Crippen LogP contribution in [-0.4, -0.2) is 21.8 Å². The van der Waals surface area contributed by atoms with Crippen LogP contribution in [0.3, 0.4) is 0 Å². The molecule has 0 radical (unpaired) electrons. The summed E-state index contributed by atoms with van der Waals surface area (Å²) < 4.78 is 0. The van der Waals surface area contributed by atoms with E-state index in [4.69, 9.17) is 5.11 Å². The molecule has 1 aromatic carbocycles. The molecule has 0 unspecified atom stereocenters. The van der Waals surface area contributed by atoms with Gasteiger partial charge in [0.2, 0.25) is 0 Å². The molecule has 0 atom stereocenters. The van der Waals surface area contributed by atoms with Crippen molar-refractivity contribution in [1.82, 2.24) is 4.98 Å². The van der Waals surface area contributed by atoms with Crippen molar-refractivity contribution in [2.45, 2.75) is 19.6 Å². The number of carbonyl (C=O) groups is 1. The predicted molar refractivity (Wildman–Crippen MR) is 85.5 cm³/mol. The van der Waals surface area contributed by atoms with E-state index in [9.17, 15) is 4.79 Å². The quantitative estimate of drug-likeness (QED) is 0.859. The van der Waals surface area contributed by atoms with Crippen molar-refractivity contribution in [2.24, 2.45) is 5.92 Å². The van der Waals surface area contributed by atoms with Crippen LogP contribution in [0, 0.1) is 5.92 Å². The molecule has 0 amide bonds. The highest BCUT2D eigenvalue weighted by atomic mass is 32.2. The van der Waals surface area contributed by atoms with Gasteiger partial charge < -0.3 is 5.11 Å². The van der Waals surface area contributed by atoms with Crippen molar-refractivity contribution >= 4 is 29.1 Å². The largest absolute Gasteiger partial charge is 0.478 e. The summed E-state index contributed by atoms with van der Waals surface area (Å²) >= 11 is 3.52. The molecular formula is C15H17NO2S2. The Bertz CT molecular complexity index is 593. The third kappa shape index (κ3) is 4.08. The smallest absolute Gasteiger partial charge is 0.335 e. The van der Waals surface area contributed by atoms with Gasteiger partial charge in [0.1, 0.15) is 5.01 Å².